The van der Waals surface area contributed by atoms with Crippen LogP contribution in [0.2, 0.25) is 5.02 Å². The molecule has 1 heterocycles. The summed E-state index contributed by atoms with van der Waals surface area (Å²) in [6.45, 7) is 2.83. The molecular weight excluding hydrogens is 289 g/mol. The minimum Gasteiger partial charge on any atom is -0.397 e. The van der Waals surface area contributed by atoms with Crippen molar-refractivity contribution in [3.05, 3.63) is 46.7 Å². The number of hydrogen-bond acceptors (Lipinski definition) is 3. The van der Waals surface area contributed by atoms with Crippen LogP contribution in [0.3, 0.4) is 0 Å². The summed E-state index contributed by atoms with van der Waals surface area (Å²) in [6.07, 6.45) is 0.969. The van der Waals surface area contributed by atoms with E-state index in [1.54, 1.807) is 0 Å². The maximum absolute atomic E-state index is 14.6. The standard InChI is InChI=1S/C16H17ClFN3/c1-9-6-10-4-2-3-5-13(10)21(8-9)16-12(20)7-11(19)14(17)15(16)18/h2-5,7,9H,6,8,19-20H2,1H3. The first-order chi connectivity index (χ1) is 9.99. The third-order valence-corrected chi connectivity index (χ3v) is 4.24. The van der Waals surface area contributed by atoms with Gasteiger partial charge in [0.25, 0.3) is 0 Å². The van der Waals surface area contributed by atoms with Crippen molar-refractivity contribution in [2.24, 2.45) is 5.92 Å². The maximum atomic E-state index is 14.6. The molecule has 0 saturated heterocycles. The first-order valence-corrected chi connectivity index (χ1v) is 7.25. The molecule has 1 unspecified atom stereocenters. The summed E-state index contributed by atoms with van der Waals surface area (Å²) in [5.74, 6) is -0.159. The minimum absolute atomic E-state index is 0.0742. The van der Waals surface area contributed by atoms with Crippen LogP contribution >= 0.6 is 11.6 Å². The molecule has 0 bridgehead atoms. The Balaban J connectivity index is 2.20. The van der Waals surface area contributed by atoms with Gasteiger partial charge in [-0.05, 0) is 30.0 Å². The van der Waals surface area contributed by atoms with Crippen molar-refractivity contribution in [3.63, 3.8) is 0 Å². The number of benzene rings is 2. The van der Waals surface area contributed by atoms with Gasteiger partial charge < -0.3 is 16.4 Å². The van der Waals surface area contributed by atoms with Crippen LogP contribution in [0.1, 0.15) is 12.5 Å². The van der Waals surface area contributed by atoms with Crippen molar-refractivity contribution in [1.82, 2.24) is 0 Å². The van der Waals surface area contributed by atoms with Gasteiger partial charge in [-0.3, -0.25) is 0 Å². The van der Waals surface area contributed by atoms with Crippen LogP contribution in [-0.4, -0.2) is 6.54 Å². The Morgan fingerprint density at radius 2 is 1.95 bits per heavy atom. The van der Waals surface area contributed by atoms with Crippen LogP contribution in [0.4, 0.5) is 27.1 Å². The largest absolute Gasteiger partial charge is 0.397 e. The summed E-state index contributed by atoms with van der Waals surface area (Å²) in [7, 11) is 0. The molecule has 0 radical (unpaired) electrons. The Morgan fingerprint density at radius 3 is 2.71 bits per heavy atom. The molecule has 1 atom stereocenters. The van der Waals surface area contributed by atoms with Crippen molar-refractivity contribution in [2.45, 2.75) is 13.3 Å². The lowest BCUT2D eigenvalue weighted by atomic mass is 9.93. The van der Waals surface area contributed by atoms with E-state index in [0.717, 1.165) is 12.1 Å². The Hall–Kier alpha value is -1.94. The highest BCUT2D eigenvalue weighted by atomic mass is 35.5. The first-order valence-electron chi connectivity index (χ1n) is 6.87. The average Bonchev–Trinajstić information content (AvgIpc) is 2.44. The van der Waals surface area contributed by atoms with Gasteiger partial charge in [0.2, 0.25) is 0 Å². The number of nitrogens with two attached hydrogens (primary N) is 2. The predicted octanol–water partition coefficient (Wildman–Crippen LogP) is 3.97. The fraction of sp³-hybridized carbons (Fsp3) is 0.250. The number of hydrogen-bond donors (Lipinski definition) is 2. The van der Waals surface area contributed by atoms with Gasteiger partial charge in [-0.1, -0.05) is 36.7 Å². The molecule has 0 amide bonds. The number of halogens is 2. The fourth-order valence-corrected chi connectivity index (χ4v) is 3.08. The monoisotopic (exact) mass is 305 g/mol. The number of rotatable bonds is 1. The normalized spacial score (nSPS) is 17.7. The lowest BCUT2D eigenvalue weighted by Gasteiger charge is -2.35. The maximum Gasteiger partial charge on any atom is 0.169 e. The summed E-state index contributed by atoms with van der Waals surface area (Å²) < 4.78 is 14.6. The van der Waals surface area contributed by atoms with Gasteiger partial charge in [-0.2, -0.15) is 0 Å². The Bertz CT molecular complexity index is 702. The summed E-state index contributed by atoms with van der Waals surface area (Å²) in [5.41, 5.74) is 14.6. The van der Waals surface area contributed by atoms with Crippen LogP contribution in [-0.2, 0) is 6.42 Å². The first kappa shape index (κ1) is 14.0. The van der Waals surface area contributed by atoms with Crippen molar-refractivity contribution >= 4 is 34.4 Å². The van der Waals surface area contributed by atoms with E-state index in [9.17, 15) is 4.39 Å². The molecule has 1 aliphatic rings. The van der Waals surface area contributed by atoms with Crippen LogP contribution < -0.4 is 16.4 Å². The van der Waals surface area contributed by atoms with Gasteiger partial charge in [0.15, 0.2) is 5.82 Å². The van der Waals surface area contributed by atoms with Crippen molar-refractivity contribution in [3.8, 4) is 0 Å². The minimum atomic E-state index is -0.557. The predicted molar refractivity (Wildman–Crippen MR) is 86.6 cm³/mol. The zero-order valence-electron chi connectivity index (χ0n) is 11.7. The van der Waals surface area contributed by atoms with E-state index in [-0.39, 0.29) is 10.7 Å². The number of anilines is 4. The summed E-state index contributed by atoms with van der Waals surface area (Å²) in [6, 6.07) is 9.48. The van der Waals surface area contributed by atoms with Crippen molar-refractivity contribution < 1.29 is 4.39 Å². The smallest absolute Gasteiger partial charge is 0.169 e. The van der Waals surface area contributed by atoms with Gasteiger partial charge >= 0.3 is 0 Å². The zero-order chi connectivity index (χ0) is 15.1. The van der Waals surface area contributed by atoms with Crippen molar-refractivity contribution in [2.75, 3.05) is 22.9 Å². The molecule has 3 nitrogen and oxygen atoms in total. The van der Waals surface area contributed by atoms with Gasteiger partial charge in [0.1, 0.15) is 10.7 Å². The second-order valence-electron chi connectivity index (χ2n) is 5.58. The van der Waals surface area contributed by atoms with Gasteiger partial charge in [0, 0.05) is 12.2 Å². The second kappa shape index (κ2) is 5.11. The lowest BCUT2D eigenvalue weighted by molar-refractivity contribution is 0.552. The topological polar surface area (TPSA) is 55.3 Å². The molecule has 4 N–H and O–H groups in total. The fourth-order valence-electron chi connectivity index (χ4n) is 2.94. The highest BCUT2D eigenvalue weighted by Crippen LogP contribution is 2.42. The highest BCUT2D eigenvalue weighted by molar-refractivity contribution is 6.33. The van der Waals surface area contributed by atoms with Crippen molar-refractivity contribution in [1.29, 1.82) is 0 Å². The molecule has 3 rings (SSSR count). The molecule has 0 spiro atoms. The number of nitrogen functional groups attached to an aromatic ring is 2. The molecule has 2 aromatic carbocycles. The quantitative estimate of drug-likeness (QED) is 0.784. The van der Waals surface area contributed by atoms with Crippen LogP contribution in [0, 0.1) is 11.7 Å². The molecule has 2 aromatic rings. The van der Waals surface area contributed by atoms with E-state index in [0.29, 0.717) is 23.8 Å². The molecule has 0 aliphatic carbocycles. The van der Waals surface area contributed by atoms with E-state index in [2.05, 4.69) is 13.0 Å². The third-order valence-electron chi connectivity index (χ3n) is 3.85. The van der Waals surface area contributed by atoms with E-state index in [1.165, 1.54) is 11.6 Å². The highest BCUT2D eigenvalue weighted by Gasteiger charge is 2.27. The molecule has 0 fully saturated rings. The van der Waals surface area contributed by atoms with E-state index >= 15 is 0 Å². The Kier molecular flexibility index (Phi) is 3.41. The van der Waals surface area contributed by atoms with Crippen LogP contribution in [0.5, 0.6) is 0 Å². The van der Waals surface area contributed by atoms with E-state index in [4.69, 9.17) is 23.1 Å². The molecule has 110 valence electrons. The Labute approximate surface area is 128 Å². The average molecular weight is 306 g/mol. The molecule has 5 heteroatoms. The summed E-state index contributed by atoms with van der Waals surface area (Å²) in [4.78, 5) is 1.90. The van der Waals surface area contributed by atoms with Gasteiger partial charge in [-0.15, -0.1) is 0 Å². The van der Waals surface area contributed by atoms with E-state index < -0.39 is 5.82 Å². The number of para-hydroxylation sites is 1. The molecule has 21 heavy (non-hydrogen) atoms. The zero-order valence-corrected chi connectivity index (χ0v) is 12.5. The SMILES string of the molecule is CC1Cc2ccccc2N(c2c(N)cc(N)c(Cl)c2F)C1. The Morgan fingerprint density at radius 1 is 1.24 bits per heavy atom. The van der Waals surface area contributed by atoms with Crippen LogP contribution in [0.25, 0.3) is 0 Å². The second-order valence-corrected chi connectivity index (χ2v) is 5.96. The number of fused-ring (bicyclic) bond motifs is 1. The van der Waals surface area contributed by atoms with Crippen LogP contribution in [0.15, 0.2) is 30.3 Å². The molecular formula is C16H17ClFN3. The van der Waals surface area contributed by atoms with E-state index in [1.807, 2.05) is 23.1 Å². The van der Waals surface area contributed by atoms with Gasteiger partial charge in [0.05, 0.1) is 11.4 Å². The molecule has 0 saturated carbocycles. The van der Waals surface area contributed by atoms with Gasteiger partial charge in [-0.25, -0.2) is 4.39 Å². The third kappa shape index (κ3) is 2.29. The molecule has 1 aliphatic heterocycles. The lowest BCUT2D eigenvalue weighted by Crippen LogP contribution is -2.31. The summed E-state index contributed by atoms with van der Waals surface area (Å²) >= 11 is 5.96. The molecule has 0 aromatic heterocycles. The summed E-state index contributed by atoms with van der Waals surface area (Å²) in [5, 5.41) is -0.0742. The number of nitrogens with zero attached hydrogens (tertiary/aromatic N) is 1.